The zero-order valence-electron chi connectivity index (χ0n) is 16.3. The third-order valence-corrected chi connectivity index (χ3v) is 6.13. The molecule has 0 bridgehead atoms. The Balaban J connectivity index is 0.00000210. The van der Waals surface area contributed by atoms with Crippen molar-refractivity contribution in [1.29, 1.82) is 0 Å². The first-order valence-electron chi connectivity index (χ1n) is 9.83. The topological polar surface area (TPSA) is 24.3 Å². The smallest absolute Gasteiger partial charge is 0.0590 e. The largest absolute Gasteiger partial charge is 0.300 e. The van der Waals surface area contributed by atoms with Crippen molar-refractivity contribution in [1.82, 2.24) is 19.6 Å². The van der Waals surface area contributed by atoms with Crippen LogP contribution in [0.25, 0.3) is 0 Å². The molecule has 1 aromatic heterocycles. The van der Waals surface area contributed by atoms with E-state index in [0.29, 0.717) is 5.41 Å². The van der Waals surface area contributed by atoms with Gasteiger partial charge < -0.3 is 0 Å². The highest BCUT2D eigenvalue weighted by Crippen LogP contribution is 2.48. The molecule has 0 amide bonds. The third-order valence-electron chi connectivity index (χ3n) is 6.13. The normalized spacial score (nSPS) is 19.4. The fourth-order valence-electron chi connectivity index (χ4n) is 4.20. The van der Waals surface area contributed by atoms with Gasteiger partial charge >= 0.3 is 0 Å². The first-order valence-corrected chi connectivity index (χ1v) is 9.83. The minimum atomic E-state index is 0. The zero-order valence-corrected chi connectivity index (χ0v) is 17.1. The Morgan fingerprint density at radius 2 is 1.74 bits per heavy atom. The molecular weight excluding hydrogens is 356 g/mol. The van der Waals surface area contributed by atoms with Gasteiger partial charge in [-0.15, -0.1) is 19.0 Å². The molecule has 0 atom stereocenters. The van der Waals surface area contributed by atoms with Gasteiger partial charge in [0.05, 0.1) is 12.7 Å². The van der Waals surface area contributed by atoms with Crippen LogP contribution in [0.15, 0.2) is 49.2 Å². The van der Waals surface area contributed by atoms with E-state index >= 15 is 0 Å². The average Bonchev–Trinajstić information content (AvgIpc) is 3.39. The molecule has 1 aliphatic heterocycles. The van der Waals surface area contributed by atoms with E-state index in [9.17, 15) is 0 Å². The van der Waals surface area contributed by atoms with Crippen LogP contribution in [-0.2, 0) is 18.5 Å². The van der Waals surface area contributed by atoms with Crippen molar-refractivity contribution in [3.63, 3.8) is 0 Å². The summed E-state index contributed by atoms with van der Waals surface area (Å²) in [5.74, 6) is 0. The number of nitrogens with zero attached hydrogens (tertiary/aromatic N) is 4. The molecule has 4 nitrogen and oxygen atoms in total. The van der Waals surface area contributed by atoms with Crippen molar-refractivity contribution < 1.29 is 0 Å². The fourth-order valence-corrected chi connectivity index (χ4v) is 4.20. The molecule has 0 spiro atoms. The van der Waals surface area contributed by atoms with Crippen molar-refractivity contribution in [3.05, 3.63) is 66.0 Å². The van der Waals surface area contributed by atoms with E-state index < -0.39 is 0 Å². The van der Waals surface area contributed by atoms with Crippen LogP contribution in [0.2, 0.25) is 0 Å². The van der Waals surface area contributed by atoms with E-state index in [2.05, 4.69) is 58.7 Å². The first kappa shape index (κ1) is 20.1. The lowest BCUT2D eigenvalue weighted by atomic mass is 9.95. The molecule has 2 heterocycles. The summed E-state index contributed by atoms with van der Waals surface area (Å²) < 4.78 is 2.04. The van der Waals surface area contributed by atoms with Crippen LogP contribution < -0.4 is 0 Å². The lowest BCUT2D eigenvalue weighted by molar-refractivity contribution is 0.119. The predicted octanol–water partition coefficient (Wildman–Crippen LogP) is 3.65. The number of piperazine rings is 1. The highest BCUT2D eigenvalue weighted by Gasteiger charge is 2.45. The number of aromatic nitrogens is 2. The second-order valence-electron chi connectivity index (χ2n) is 7.92. The molecule has 0 radical (unpaired) electrons. The SMILES string of the molecule is C=CCn1ncc(CN2CCN(CC3(c4ccccc4)CC3)CC2)c1C.Cl. The van der Waals surface area contributed by atoms with Crippen molar-refractivity contribution in [3.8, 4) is 0 Å². The molecule has 5 heteroatoms. The number of hydrogen-bond acceptors (Lipinski definition) is 3. The number of halogens is 1. The molecule has 146 valence electrons. The molecule has 1 aromatic carbocycles. The molecule has 0 unspecified atom stereocenters. The van der Waals surface area contributed by atoms with Crippen LogP contribution in [0, 0.1) is 6.92 Å². The third kappa shape index (κ3) is 4.45. The van der Waals surface area contributed by atoms with E-state index in [-0.39, 0.29) is 12.4 Å². The second-order valence-corrected chi connectivity index (χ2v) is 7.92. The second kappa shape index (κ2) is 8.59. The number of benzene rings is 1. The molecule has 2 aliphatic rings. The molecule has 4 rings (SSSR count). The monoisotopic (exact) mass is 386 g/mol. The summed E-state index contributed by atoms with van der Waals surface area (Å²) in [6, 6.07) is 11.1. The quantitative estimate of drug-likeness (QED) is 0.679. The lowest BCUT2D eigenvalue weighted by Crippen LogP contribution is -2.48. The summed E-state index contributed by atoms with van der Waals surface area (Å²) in [6.45, 7) is 13.7. The Morgan fingerprint density at radius 1 is 1.07 bits per heavy atom. The molecule has 2 aromatic rings. The van der Waals surface area contributed by atoms with Crippen LogP contribution >= 0.6 is 12.4 Å². The highest BCUT2D eigenvalue weighted by atomic mass is 35.5. The maximum Gasteiger partial charge on any atom is 0.0590 e. The van der Waals surface area contributed by atoms with Crippen LogP contribution in [0.4, 0.5) is 0 Å². The molecule has 27 heavy (non-hydrogen) atoms. The minimum absolute atomic E-state index is 0. The van der Waals surface area contributed by atoms with Gasteiger partial charge in [-0.2, -0.15) is 5.10 Å². The van der Waals surface area contributed by atoms with Gasteiger partial charge in [-0.05, 0) is 25.3 Å². The summed E-state index contributed by atoms with van der Waals surface area (Å²) in [7, 11) is 0. The standard InChI is InChI=1S/C22H30N4.ClH/c1-3-11-26-19(2)20(16-23-26)17-24-12-14-25(15-13-24)18-22(9-10-22)21-7-5-4-6-8-21;/h3-8,16H,1,9-15,17-18H2,2H3;1H. The van der Waals surface area contributed by atoms with Crippen molar-refractivity contribution in [2.45, 2.75) is 38.3 Å². The van der Waals surface area contributed by atoms with Gasteiger partial charge in [0.25, 0.3) is 0 Å². The Hall–Kier alpha value is -1.62. The van der Waals surface area contributed by atoms with Gasteiger partial charge in [-0.25, -0.2) is 0 Å². The van der Waals surface area contributed by atoms with E-state index in [1.54, 1.807) is 0 Å². The maximum absolute atomic E-state index is 4.48. The number of allylic oxidation sites excluding steroid dienone is 1. The van der Waals surface area contributed by atoms with Crippen LogP contribution in [-0.4, -0.2) is 52.3 Å². The fraction of sp³-hybridized carbons (Fsp3) is 0.500. The van der Waals surface area contributed by atoms with Gasteiger partial charge in [0.15, 0.2) is 0 Å². The summed E-state index contributed by atoms with van der Waals surface area (Å²) in [5.41, 5.74) is 4.59. The van der Waals surface area contributed by atoms with Crippen molar-refractivity contribution in [2.24, 2.45) is 0 Å². The molecule has 0 N–H and O–H groups in total. The minimum Gasteiger partial charge on any atom is -0.300 e. The molecule has 2 fully saturated rings. The van der Waals surface area contributed by atoms with E-state index in [4.69, 9.17) is 0 Å². The van der Waals surface area contributed by atoms with Gasteiger partial charge in [0.2, 0.25) is 0 Å². The zero-order chi connectivity index (χ0) is 18.0. The predicted molar refractivity (Wildman–Crippen MR) is 113 cm³/mol. The van der Waals surface area contributed by atoms with Crippen LogP contribution in [0.1, 0.15) is 29.7 Å². The van der Waals surface area contributed by atoms with Crippen molar-refractivity contribution >= 4 is 12.4 Å². The van der Waals surface area contributed by atoms with Crippen LogP contribution in [0.3, 0.4) is 0 Å². The Bertz CT molecular complexity index is 743. The van der Waals surface area contributed by atoms with E-state index in [1.807, 2.05) is 17.0 Å². The number of rotatable bonds is 7. The maximum atomic E-state index is 4.48. The number of hydrogen-bond donors (Lipinski definition) is 0. The lowest BCUT2D eigenvalue weighted by Gasteiger charge is -2.36. The first-order chi connectivity index (χ1) is 12.7. The molecule has 1 aliphatic carbocycles. The molecule has 1 saturated heterocycles. The van der Waals surface area contributed by atoms with Gasteiger partial charge in [-0.1, -0.05) is 36.4 Å². The highest BCUT2D eigenvalue weighted by molar-refractivity contribution is 5.85. The van der Waals surface area contributed by atoms with Crippen LogP contribution in [0.5, 0.6) is 0 Å². The summed E-state index contributed by atoms with van der Waals surface area (Å²) in [5, 5.41) is 4.48. The average molecular weight is 387 g/mol. The Labute approximate surface area is 169 Å². The molecular formula is C22H31ClN4. The van der Waals surface area contributed by atoms with Gasteiger partial charge in [-0.3, -0.25) is 14.5 Å². The van der Waals surface area contributed by atoms with E-state index in [1.165, 1.54) is 49.3 Å². The summed E-state index contributed by atoms with van der Waals surface area (Å²) in [4.78, 5) is 5.24. The Kier molecular flexibility index (Phi) is 6.40. The molecule has 1 saturated carbocycles. The van der Waals surface area contributed by atoms with Crippen molar-refractivity contribution in [2.75, 3.05) is 32.7 Å². The summed E-state index contributed by atoms with van der Waals surface area (Å²) in [6.07, 6.45) is 6.63. The van der Waals surface area contributed by atoms with Gasteiger partial charge in [0.1, 0.15) is 0 Å². The Morgan fingerprint density at radius 3 is 2.37 bits per heavy atom. The van der Waals surface area contributed by atoms with Gasteiger partial charge in [0, 0.05) is 55.9 Å². The summed E-state index contributed by atoms with van der Waals surface area (Å²) >= 11 is 0. The van der Waals surface area contributed by atoms with E-state index in [0.717, 1.165) is 26.2 Å².